The van der Waals surface area contributed by atoms with Gasteiger partial charge in [-0.25, -0.2) is 4.98 Å². The molecule has 1 aliphatic heterocycles. The fourth-order valence-corrected chi connectivity index (χ4v) is 7.32. The Labute approximate surface area is 259 Å². The maximum Gasteiger partial charge on any atom is 0.235 e. The zero-order valence-corrected chi connectivity index (χ0v) is 25.6. The highest BCUT2D eigenvalue weighted by molar-refractivity contribution is 8.01. The van der Waals surface area contributed by atoms with Gasteiger partial charge in [-0.2, -0.15) is 5.26 Å². The van der Waals surface area contributed by atoms with Crippen LogP contribution in [0.5, 0.6) is 0 Å². The molecule has 0 bridgehead atoms. The van der Waals surface area contributed by atoms with Gasteiger partial charge >= 0.3 is 0 Å². The van der Waals surface area contributed by atoms with Crippen molar-refractivity contribution in [2.24, 2.45) is 11.1 Å². The number of Topliss-reactive ketones (excluding diaryl/α,β-unsaturated/α-hetero) is 1. The van der Waals surface area contributed by atoms with Crippen molar-refractivity contribution in [2.75, 3.05) is 16.0 Å². The first-order valence-electron chi connectivity index (χ1n) is 12.3. The number of allylic oxidation sites excluding steroid dienone is 3. The molecular formula is C27H22Cl3N7O2S2. The molecule has 3 N–H and O–H groups in total. The summed E-state index contributed by atoms with van der Waals surface area (Å²) in [6.07, 6.45) is 2.22. The molecule has 210 valence electrons. The number of nitriles is 1. The quantitative estimate of drug-likeness (QED) is 0.285. The van der Waals surface area contributed by atoms with E-state index in [-0.39, 0.29) is 40.7 Å². The Morgan fingerprint density at radius 3 is 2.61 bits per heavy atom. The molecule has 14 heteroatoms. The Morgan fingerprint density at radius 1 is 1.22 bits per heavy atom. The third-order valence-corrected chi connectivity index (χ3v) is 9.50. The average molecular weight is 647 g/mol. The van der Waals surface area contributed by atoms with Crippen LogP contribution in [0.1, 0.15) is 38.2 Å². The van der Waals surface area contributed by atoms with Gasteiger partial charge in [0.1, 0.15) is 11.6 Å². The summed E-state index contributed by atoms with van der Waals surface area (Å²) >= 11 is 21.4. The molecule has 3 aromatic rings. The lowest BCUT2D eigenvalue weighted by molar-refractivity contribution is -0.118. The molecule has 0 spiro atoms. The number of benzene rings is 1. The second kappa shape index (κ2) is 11.6. The number of amides is 1. The molecule has 3 heterocycles. The summed E-state index contributed by atoms with van der Waals surface area (Å²) in [7, 11) is 0. The summed E-state index contributed by atoms with van der Waals surface area (Å²) in [5, 5.41) is 23.0. The number of nitrogens with two attached hydrogens (primary N) is 1. The van der Waals surface area contributed by atoms with Gasteiger partial charge in [0.25, 0.3) is 0 Å². The number of rotatable bonds is 6. The number of thioether (sulfide) groups is 1. The van der Waals surface area contributed by atoms with E-state index < -0.39 is 5.92 Å². The predicted octanol–water partition coefficient (Wildman–Crippen LogP) is 6.56. The summed E-state index contributed by atoms with van der Waals surface area (Å²) in [5.74, 6) is -0.658. The minimum Gasteiger partial charge on any atom is -0.384 e. The van der Waals surface area contributed by atoms with Gasteiger partial charge in [-0.15, -0.1) is 10.2 Å². The largest absolute Gasteiger partial charge is 0.384 e. The van der Waals surface area contributed by atoms with Crippen LogP contribution < -0.4 is 16.0 Å². The molecular weight excluding hydrogens is 625 g/mol. The van der Waals surface area contributed by atoms with Crippen molar-refractivity contribution in [1.82, 2.24) is 15.2 Å². The van der Waals surface area contributed by atoms with E-state index in [9.17, 15) is 14.9 Å². The Kier molecular flexibility index (Phi) is 8.32. The van der Waals surface area contributed by atoms with Crippen molar-refractivity contribution in [3.05, 3.63) is 79.8 Å². The zero-order chi connectivity index (χ0) is 29.5. The first-order valence-corrected chi connectivity index (χ1v) is 15.2. The highest BCUT2D eigenvalue weighted by Crippen LogP contribution is 2.52. The van der Waals surface area contributed by atoms with Crippen LogP contribution in [0.25, 0.3) is 0 Å². The fourth-order valence-electron chi connectivity index (χ4n) is 4.91. The van der Waals surface area contributed by atoms with Crippen LogP contribution in [0, 0.1) is 16.7 Å². The number of halogens is 3. The first-order chi connectivity index (χ1) is 19.5. The van der Waals surface area contributed by atoms with E-state index in [0.29, 0.717) is 53.6 Å². The van der Waals surface area contributed by atoms with E-state index >= 15 is 0 Å². The van der Waals surface area contributed by atoms with Gasteiger partial charge < -0.3 is 11.1 Å². The average Bonchev–Trinajstić information content (AvgIpc) is 3.36. The van der Waals surface area contributed by atoms with Crippen LogP contribution in [-0.2, 0) is 9.59 Å². The van der Waals surface area contributed by atoms with E-state index in [1.807, 2.05) is 13.8 Å². The number of carbonyl (C=O) groups is 2. The number of nitrogens with one attached hydrogen (secondary N) is 1. The van der Waals surface area contributed by atoms with Crippen molar-refractivity contribution in [3.63, 3.8) is 0 Å². The zero-order valence-electron chi connectivity index (χ0n) is 21.7. The van der Waals surface area contributed by atoms with Crippen LogP contribution in [0.15, 0.2) is 63.5 Å². The lowest BCUT2D eigenvalue weighted by Crippen LogP contribution is -2.42. The highest BCUT2D eigenvalue weighted by Gasteiger charge is 2.46. The van der Waals surface area contributed by atoms with Crippen LogP contribution in [0.4, 0.5) is 10.9 Å². The number of carbonyl (C=O) groups excluding carboxylic acids is 2. The minimum absolute atomic E-state index is 0.0558. The van der Waals surface area contributed by atoms with Gasteiger partial charge in [0.15, 0.2) is 10.1 Å². The monoisotopic (exact) mass is 645 g/mol. The second-order valence-corrected chi connectivity index (χ2v) is 13.6. The normalized spacial score (nSPS) is 18.3. The standard InChI is InChI=1S/C27H22Cl3N7O2S2/c1-27(2)8-17-23(18(38)9-27)21(22-15(29)4-3-5-16(22)30)14(10-31)24(32)37(17)25-35-36-26(41-25)40-12-20(39)34-19-7-6-13(28)11-33-19/h3-7,11,21H,8-9,12,32H2,1-2H3,(H,33,34,39). The third kappa shape index (κ3) is 5.94. The number of hydrogen-bond donors (Lipinski definition) is 2. The van der Waals surface area contributed by atoms with Crippen molar-refractivity contribution in [2.45, 2.75) is 36.9 Å². The lowest BCUT2D eigenvalue weighted by Gasteiger charge is -2.42. The number of anilines is 2. The van der Waals surface area contributed by atoms with Crippen molar-refractivity contribution in [3.8, 4) is 6.07 Å². The Hall–Kier alpha value is -3.14. The fraction of sp³-hybridized carbons (Fsp3) is 0.259. The molecule has 1 unspecified atom stereocenters. The van der Waals surface area contributed by atoms with Crippen LogP contribution >= 0.6 is 57.9 Å². The molecule has 0 saturated heterocycles. The maximum atomic E-state index is 13.7. The maximum absolute atomic E-state index is 13.7. The van der Waals surface area contributed by atoms with E-state index in [1.165, 1.54) is 29.3 Å². The molecule has 5 rings (SSSR count). The first kappa shape index (κ1) is 29.4. The van der Waals surface area contributed by atoms with E-state index in [1.54, 1.807) is 35.2 Å². The van der Waals surface area contributed by atoms with Crippen molar-refractivity contribution < 1.29 is 9.59 Å². The summed E-state index contributed by atoms with van der Waals surface area (Å²) in [6, 6.07) is 10.5. The topological polar surface area (TPSA) is 138 Å². The molecule has 0 radical (unpaired) electrons. The van der Waals surface area contributed by atoms with E-state index in [0.717, 1.165) is 0 Å². The molecule has 2 aromatic heterocycles. The van der Waals surface area contributed by atoms with Crippen molar-refractivity contribution in [1.29, 1.82) is 5.26 Å². The van der Waals surface area contributed by atoms with Crippen molar-refractivity contribution >= 4 is 80.5 Å². The van der Waals surface area contributed by atoms with Gasteiger partial charge in [0.05, 0.1) is 28.3 Å². The number of nitrogens with zero attached hydrogens (tertiary/aromatic N) is 5. The SMILES string of the molecule is CC1(C)CC(=O)C2=C(C1)N(c1nnc(SCC(=O)Nc3ccc(Cl)cn3)s1)C(N)=C(C#N)C2c1c(Cl)cccc1Cl. The summed E-state index contributed by atoms with van der Waals surface area (Å²) in [5.41, 5.74) is 7.95. The van der Waals surface area contributed by atoms with Gasteiger partial charge in [-0.1, -0.05) is 77.8 Å². The molecule has 2 aliphatic rings. The van der Waals surface area contributed by atoms with Gasteiger partial charge in [0.2, 0.25) is 11.0 Å². The lowest BCUT2D eigenvalue weighted by atomic mass is 9.68. The molecule has 0 saturated carbocycles. The second-order valence-electron chi connectivity index (χ2n) is 10.2. The predicted molar refractivity (Wildman–Crippen MR) is 162 cm³/mol. The summed E-state index contributed by atoms with van der Waals surface area (Å²) < 4.78 is 0.505. The van der Waals surface area contributed by atoms with Crippen LogP contribution in [-0.4, -0.2) is 32.6 Å². The van der Waals surface area contributed by atoms with E-state index in [2.05, 4.69) is 26.6 Å². The highest BCUT2D eigenvalue weighted by atomic mass is 35.5. The Bertz CT molecular complexity index is 1640. The molecule has 9 nitrogen and oxygen atoms in total. The Balaban J connectivity index is 1.49. The van der Waals surface area contributed by atoms with Crippen LogP contribution in [0.3, 0.4) is 0 Å². The number of hydrogen-bond acceptors (Lipinski definition) is 10. The van der Waals surface area contributed by atoms with Gasteiger partial charge in [-0.05, 0) is 36.1 Å². The Morgan fingerprint density at radius 2 is 1.95 bits per heavy atom. The molecule has 1 aromatic carbocycles. The van der Waals surface area contributed by atoms with E-state index in [4.69, 9.17) is 40.5 Å². The van der Waals surface area contributed by atoms with Gasteiger partial charge in [0, 0.05) is 39.5 Å². The van der Waals surface area contributed by atoms with Crippen LogP contribution in [0.2, 0.25) is 15.1 Å². The number of pyridine rings is 1. The smallest absolute Gasteiger partial charge is 0.235 e. The number of aromatic nitrogens is 3. The molecule has 1 atom stereocenters. The third-order valence-electron chi connectivity index (χ3n) is 6.58. The molecule has 1 aliphatic carbocycles. The summed E-state index contributed by atoms with van der Waals surface area (Å²) in [6.45, 7) is 4.00. The molecule has 41 heavy (non-hydrogen) atoms. The molecule has 0 fully saturated rings. The minimum atomic E-state index is -0.817. The van der Waals surface area contributed by atoms with Gasteiger partial charge in [-0.3, -0.25) is 14.5 Å². The summed E-state index contributed by atoms with van der Waals surface area (Å²) in [4.78, 5) is 31.8. The molecule has 1 amide bonds. The number of ketones is 1.